The quantitative estimate of drug-likeness (QED) is 0.574. The van der Waals surface area contributed by atoms with Crippen molar-refractivity contribution in [3.8, 4) is 22.9 Å². The van der Waals surface area contributed by atoms with E-state index in [9.17, 15) is 0 Å². The average Bonchev–Trinajstić information content (AvgIpc) is 3.13. The second kappa shape index (κ2) is 4.73. The monoisotopic (exact) mass is 290 g/mol. The van der Waals surface area contributed by atoms with Crippen LogP contribution in [0.15, 0.2) is 59.1 Å². The van der Waals surface area contributed by atoms with Crippen molar-refractivity contribution < 1.29 is 4.42 Å². The topological polar surface area (TPSA) is 69.9 Å². The van der Waals surface area contributed by atoms with E-state index in [2.05, 4.69) is 26.9 Å². The molecular weight excluding hydrogens is 276 g/mol. The van der Waals surface area contributed by atoms with Crippen LogP contribution in [0.4, 0.5) is 5.69 Å². The van der Waals surface area contributed by atoms with Crippen LogP contribution in [-0.4, -0.2) is 14.8 Å². The average molecular weight is 290 g/mol. The lowest BCUT2D eigenvalue weighted by atomic mass is 10.2. The molecule has 4 rings (SSSR count). The van der Waals surface area contributed by atoms with Crippen LogP contribution in [0.1, 0.15) is 0 Å². The largest absolute Gasteiger partial charge is 0.416 e. The number of benzene rings is 2. The molecular formula is C17H14N4O. The molecule has 0 amide bonds. The van der Waals surface area contributed by atoms with Crippen LogP contribution in [0.3, 0.4) is 0 Å². The Morgan fingerprint density at radius 1 is 1.00 bits per heavy atom. The number of aromatic nitrogens is 3. The third-order valence-corrected chi connectivity index (χ3v) is 3.69. The molecule has 0 aliphatic rings. The number of para-hydroxylation sites is 1. The summed E-state index contributed by atoms with van der Waals surface area (Å²) in [5.41, 5.74) is 9.34. The summed E-state index contributed by atoms with van der Waals surface area (Å²) >= 11 is 0. The number of hydrogen-bond acceptors (Lipinski definition) is 4. The zero-order valence-corrected chi connectivity index (χ0v) is 12.0. The van der Waals surface area contributed by atoms with Gasteiger partial charge in [0, 0.05) is 35.4 Å². The van der Waals surface area contributed by atoms with E-state index in [1.165, 1.54) is 0 Å². The van der Waals surface area contributed by atoms with E-state index in [-0.39, 0.29) is 0 Å². The molecule has 108 valence electrons. The van der Waals surface area contributed by atoms with Crippen LogP contribution in [-0.2, 0) is 7.05 Å². The molecule has 0 saturated carbocycles. The van der Waals surface area contributed by atoms with E-state index in [0.29, 0.717) is 17.5 Å². The molecule has 2 N–H and O–H groups in total. The van der Waals surface area contributed by atoms with Crippen LogP contribution >= 0.6 is 0 Å². The van der Waals surface area contributed by atoms with Gasteiger partial charge in [0.15, 0.2) is 0 Å². The van der Waals surface area contributed by atoms with Crippen molar-refractivity contribution in [1.29, 1.82) is 0 Å². The molecule has 0 radical (unpaired) electrons. The summed E-state index contributed by atoms with van der Waals surface area (Å²) in [4.78, 5) is 0. The normalized spacial score (nSPS) is 11.1. The van der Waals surface area contributed by atoms with E-state index < -0.39 is 0 Å². The van der Waals surface area contributed by atoms with Gasteiger partial charge in [-0.2, -0.15) is 0 Å². The van der Waals surface area contributed by atoms with Gasteiger partial charge in [-0.3, -0.25) is 0 Å². The van der Waals surface area contributed by atoms with Crippen LogP contribution in [0.2, 0.25) is 0 Å². The molecule has 2 aromatic heterocycles. The van der Waals surface area contributed by atoms with Crippen LogP contribution in [0.5, 0.6) is 0 Å². The van der Waals surface area contributed by atoms with Gasteiger partial charge in [0.25, 0.3) is 0 Å². The maximum Gasteiger partial charge on any atom is 0.250 e. The first-order valence-corrected chi connectivity index (χ1v) is 6.96. The fourth-order valence-electron chi connectivity index (χ4n) is 2.63. The second-order valence-corrected chi connectivity index (χ2v) is 5.21. The number of anilines is 1. The number of nitrogens with zero attached hydrogens (tertiary/aromatic N) is 3. The van der Waals surface area contributed by atoms with E-state index >= 15 is 0 Å². The third-order valence-electron chi connectivity index (χ3n) is 3.69. The summed E-state index contributed by atoms with van der Waals surface area (Å²) in [5, 5.41) is 9.41. The SMILES string of the molecule is Cn1cc(-c2nnc(-c3cccc(N)c3)o2)c2ccccc21. The maximum atomic E-state index is 5.84. The molecule has 0 saturated heterocycles. The van der Waals surface area contributed by atoms with E-state index in [1.54, 1.807) is 0 Å². The maximum absolute atomic E-state index is 5.84. The van der Waals surface area contributed by atoms with Crippen molar-refractivity contribution in [1.82, 2.24) is 14.8 Å². The van der Waals surface area contributed by atoms with Gasteiger partial charge >= 0.3 is 0 Å². The lowest BCUT2D eigenvalue weighted by molar-refractivity contribution is 0.585. The standard InChI is InChI=1S/C17H14N4O/c1-21-10-14(13-7-2-3-8-15(13)21)17-20-19-16(22-17)11-5-4-6-12(18)9-11/h2-10H,18H2,1H3. The van der Waals surface area contributed by atoms with Crippen molar-refractivity contribution >= 4 is 16.6 Å². The van der Waals surface area contributed by atoms with Crippen LogP contribution < -0.4 is 5.73 Å². The summed E-state index contributed by atoms with van der Waals surface area (Å²) in [6.07, 6.45) is 2.00. The van der Waals surface area contributed by atoms with E-state index in [1.807, 2.05) is 49.6 Å². The third kappa shape index (κ3) is 1.95. The molecule has 2 aromatic carbocycles. The van der Waals surface area contributed by atoms with Gasteiger partial charge in [-0.1, -0.05) is 24.3 Å². The Morgan fingerprint density at radius 3 is 2.68 bits per heavy atom. The first kappa shape index (κ1) is 12.6. The van der Waals surface area contributed by atoms with Gasteiger partial charge in [-0.25, -0.2) is 0 Å². The summed E-state index contributed by atoms with van der Waals surface area (Å²) in [6, 6.07) is 15.5. The molecule has 0 bridgehead atoms. The molecule has 0 spiro atoms. The van der Waals surface area contributed by atoms with E-state index in [4.69, 9.17) is 10.2 Å². The Labute approximate surface area is 127 Å². The zero-order chi connectivity index (χ0) is 15.1. The molecule has 22 heavy (non-hydrogen) atoms. The molecule has 0 atom stereocenters. The lowest BCUT2D eigenvalue weighted by Gasteiger charge is -1.96. The van der Waals surface area contributed by atoms with Crippen LogP contribution in [0.25, 0.3) is 33.8 Å². The molecule has 0 aliphatic heterocycles. The summed E-state index contributed by atoms with van der Waals surface area (Å²) < 4.78 is 7.89. The fourth-order valence-corrected chi connectivity index (χ4v) is 2.63. The highest BCUT2D eigenvalue weighted by atomic mass is 16.4. The highest BCUT2D eigenvalue weighted by Gasteiger charge is 2.15. The number of rotatable bonds is 2. The van der Waals surface area contributed by atoms with Gasteiger partial charge < -0.3 is 14.7 Å². The molecule has 0 fully saturated rings. The fraction of sp³-hybridized carbons (Fsp3) is 0.0588. The lowest BCUT2D eigenvalue weighted by Crippen LogP contribution is -1.84. The Bertz CT molecular complexity index is 968. The Hall–Kier alpha value is -3.08. The minimum atomic E-state index is 0.468. The van der Waals surface area contributed by atoms with Crippen molar-refractivity contribution in [2.75, 3.05) is 5.73 Å². The Morgan fingerprint density at radius 2 is 1.82 bits per heavy atom. The number of fused-ring (bicyclic) bond motifs is 1. The van der Waals surface area contributed by atoms with Crippen molar-refractivity contribution in [2.45, 2.75) is 0 Å². The molecule has 4 aromatic rings. The van der Waals surface area contributed by atoms with Crippen molar-refractivity contribution in [3.05, 3.63) is 54.7 Å². The number of aryl methyl sites for hydroxylation is 1. The number of hydrogen-bond donors (Lipinski definition) is 1. The first-order chi connectivity index (χ1) is 10.7. The minimum Gasteiger partial charge on any atom is -0.416 e. The predicted molar refractivity (Wildman–Crippen MR) is 86.1 cm³/mol. The molecule has 2 heterocycles. The minimum absolute atomic E-state index is 0.468. The molecule has 0 unspecified atom stereocenters. The predicted octanol–water partition coefficient (Wildman–Crippen LogP) is 3.48. The first-order valence-electron chi connectivity index (χ1n) is 6.96. The summed E-state index contributed by atoms with van der Waals surface area (Å²) in [5.74, 6) is 0.976. The van der Waals surface area contributed by atoms with Gasteiger partial charge in [0.1, 0.15) is 0 Å². The highest BCUT2D eigenvalue weighted by molar-refractivity contribution is 5.94. The van der Waals surface area contributed by atoms with Gasteiger partial charge in [0.05, 0.1) is 5.56 Å². The molecule has 0 aliphatic carbocycles. The van der Waals surface area contributed by atoms with Gasteiger partial charge in [0.2, 0.25) is 11.8 Å². The second-order valence-electron chi connectivity index (χ2n) is 5.21. The van der Waals surface area contributed by atoms with Gasteiger partial charge in [-0.15, -0.1) is 10.2 Å². The Balaban J connectivity index is 1.84. The van der Waals surface area contributed by atoms with Crippen LogP contribution in [0, 0.1) is 0 Å². The number of nitrogen functional groups attached to an aromatic ring is 1. The number of nitrogens with two attached hydrogens (primary N) is 1. The van der Waals surface area contributed by atoms with Crippen molar-refractivity contribution in [3.63, 3.8) is 0 Å². The molecule has 5 heteroatoms. The Kier molecular flexibility index (Phi) is 2.72. The highest BCUT2D eigenvalue weighted by Crippen LogP contribution is 2.31. The van der Waals surface area contributed by atoms with E-state index in [0.717, 1.165) is 22.0 Å². The van der Waals surface area contributed by atoms with Crippen molar-refractivity contribution in [2.24, 2.45) is 7.05 Å². The summed E-state index contributed by atoms with van der Waals surface area (Å²) in [7, 11) is 2.00. The smallest absolute Gasteiger partial charge is 0.250 e. The molecule has 5 nitrogen and oxygen atoms in total. The summed E-state index contributed by atoms with van der Waals surface area (Å²) in [6.45, 7) is 0. The zero-order valence-electron chi connectivity index (χ0n) is 12.0. The van der Waals surface area contributed by atoms with Gasteiger partial charge in [-0.05, 0) is 24.3 Å².